The first-order valence-electron chi connectivity index (χ1n) is 7.06. The van der Waals surface area contributed by atoms with Gasteiger partial charge in [0, 0.05) is 16.8 Å². The Labute approximate surface area is 126 Å². The summed E-state index contributed by atoms with van der Waals surface area (Å²) in [5.74, 6) is 0.811. The van der Waals surface area contributed by atoms with Crippen LogP contribution in [0.2, 0.25) is 0 Å². The van der Waals surface area contributed by atoms with Crippen molar-refractivity contribution in [2.75, 3.05) is 6.54 Å². The number of carbonyl (C=O) groups is 1. The summed E-state index contributed by atoms with van der Waals surface area (Å²) < 4.78 is 5.60. The van der Waals surface area contributed by atoms with Crippen LogP contribution in [-0.2, 0) is 0 Å². The SMILES string of the molecule is Cc1ccc2oc(C(=O)NCC3CCCC3Br)cc2c1. The van der Waals surface area contributed by atoms with Crippen molar-refractivity contribution in [1.29, 1.82) is 0 Å². The number of hydrogen-bond donors (Lipinski definition) is 1. The van der Waals surface area contributed by atoms with Crippen molar-refractivity contribution in [3.05, 3.63) is 35.6 Å². The van der Waals surface area contributed by atoms with E-state index in [4.69, 9.17) is 4.42 Å². The maximum Gasteiger partial charge on any atom is 0.287 e. The van der Waals surface area contributed by atoms with Gasteiger partial charge in [-0.1, -0.05) is 34.0 Å². The fourth-order valence-corrected chi connectivity index (χ4v) is 3.58. The van der Waals surface area contributed by atoms with Crippen LogP contribution in [0.4, 0.5) is 0 Å². The molecule has 106 valence electrons. The van der Waals surface area contributed by atoms with Crippen molar-refractivity contribution in [2.24, 2.45) is 5.92 Å². The molecule has 0 radical (unpaired) electrons. The van der Waals surface area contributed by atoms with Gasteiger partial charge in [0.05, 0.1) is 0 Å². The van der Waals surface area contributed by atoms with Gasteiger partial charge in [-0.05, 0) is 43.9 Å². The number of nitrogens with one attached hydrogen (secondary N) is 1. The third-order valence-corrected chi connectivity index (χ3v) is 5.19. The number of rotatable bonds is 3. The largest absolute Gasteiger partial charge is 0.451 e. The molecule has 1 aromatic heterocycles. The van der Waals surface area contributed by atoms with Gasteiger partial charge >= 0.3 is 0 Å². The highest BCUT2D eigenvalue weighted by molar-refractivity contribution is 9.09. The van der Waals surface area contributed by atoms with Gasteiger partial charge in [-0.15, -0.1) is 0 Å². The Kier molecular flexibility index (Phi) is 3.83. The molecule has 1 fully saturated rings. The molecule has 1 amide bonds. The number of furan rings is 1. The van der Waals surface area contributed by atoms with Crippen LogP contribution in [0.3, 0.4) is 0 Å². The lowest BCUT2D eigenvalue weighted by molar-refractivity contribution is 0.0922. The molecule has 1 saturated carbocycles. The van der Waals surface area contributed by atoms with Gasteiger partial charge in [-0.2, -0.15) is 0 Å². The van der Waals surface area contributed by atoms with E-state index in [0.29, 0.717) is 23.1 Å². The van der Waals surface area contributed by atoms with E-state index >= 15 is 0 Å². The first-order valence-corrected chi connectivity index (χ1v) is 7.97. The molecule has 20 heavy (non-hydrogen) atoms. The Balaban J connectivity index is 1.69. The molecule has 0 saturated heterocycles. The molecule has 2 atom stereocenters. The lowest BCUT2D eigenvalue weighted by Gasteiger charge is -2.13. The van der Waals surface area contributed by atoms with Crippen molar-refractivity contribution in [3.63, 3.8) is 0 Å². The molecule has 1 N–H and O–H groups in total. The van der Waals surface area contributed by atoms with Crippen LogP contribution in [0, 0.1) is 12.8 Å². The van der Waals surface area contributed by atoms with Crippen LogP contribution in [0.5, 0.6) is 0 Å². The summed E-state index contributed by atoms with van der Waals surface area (Å²) >= 11 is 3.67. The molecule has 1 aromatic carbocycles. The van der Waals surface area contributed by atoms with Crippen LogP contribution in [0.1, 0.15) is 35.4 Å². The van der Waals surface area contributed by atoms with E-state index in [1.165, 1.54) is 24.8 Å². The van der Waals surface area contributed by atoms with E-state index in [9.17, 15) is 4.79 Å². The minimum atomic E-state index is -0.120. The predicted octanol–water partition coefficient (Wildman–Crippen LogP) is 4.03. The Hall–Kier alpha value is -1.29. The fourth-order valence-electron chi connectivity index (χ4n) is 2.81. The zero-order valence-electron chi connectivity index (χ0n) is 11.5. The second-order valence-electron chi connectivity index (χ2n) is 5.57. The quantitative estimate of drug-likeness (QED) is 0.860. The minimum absolute atomic E-state index is 0.120. The Bertz CT molecular complexity index is 634. The molecule has 4 heteroatoms. The molecule has 1 aliphatic rings. The molecule has 0 spiro atoms. The van der Waals surface area contributed by atoms with Crippen molar-refractivity contribution in [2.45, 2.75) is 31.0 Å². The minimum Gasteiger partial charge on any atom is -0.451 e. The van der Waals surface area contributed by atoms with E-state index in [-0.39, 0.29) is 5.91 Å². The number of alkyl halides is 1. The molecule has 2 unspecified atom stereocenters. The molecule has 1 aliphatic carbocycles. The van der Waals surface area contributed by atoms with E-state index in [1.807, 2.05) is 31.2 Å². The van der Waals surface area contributed by atoms with E-state index in [0.717, 1.165) is 11.0 Å². The summed E-state index contributed by atoms with van der Waals surface area (Å²) in [4.78, 5) is 12.7. The molecule has 0 bridgehead atoms. The number of hydrogen-bond acceptors (Lipinski definition) is 2. The first kappa shape index (κ1) is 13.7. The molecular formula is C16H18BrNO2. The van der Waals surface area contributed by atoms with Gasteiger partial charge in [0.25, 0.3) is 5.91 Å². The zero-order chi connectivity index (χ0) is 14.1. The smallest absolute Gasteiger partial charge is 0.287 e. The van der Waals surface area contributed by atoms with E-state index in [2.05, 4.69) is 21.2 Å². The number of benzene rings is 1. The topological polar surface area (TPSA) is 42.2 Å². The van der Waals surface area contributed by atoms with Gasteiger partial charge in [-0.3, -0.25) is 4.79 Å². The summed E-state index contributed by atoms with van der Waals surface area (Å²) in [5, 5.41) is 3.97. The van der Waals surface area contributed by atoms with Crippen LogP contribution in [0.25, 0.3) is 11.0 Å². The predicted molar refractivity (Wildman–Crippen MR) is 83.3 cm³/mol. The molecule has 2 aromatic rings. The molecule has 3 rings (SSSR count). The highest BCUT2D eigenvalue weighted by atomic mass is 79.9. The second kappa shape index (κ2) is 5.60. The number of halogens is 1. The monoisotopic (exact) mass is 335 g/mol. The molecule has 0 aliphatic heterocycles. The van der Waals surface area contributed by atoms with Crippen LogP contribution < -0.4 is 5.32 Å². The Morgan fingerprint density at radius 2 is 2.25 bits per heavy atom. The van der Waals surface area contributed by atoms with Crippen molar-refractivity contribution < 1.29 is 9.21 Å². The van der Waals surface area contributed by atoms with Gasteiger partial charge in [0.2, 0.25) is 0 Å². The van der Waals surface area contributed by atoms with Crippen LogP contribution in [-0.4, -0.2) is 17.3 Å². The normalized spacial score (nSPS) is 22.3. The van der Waals surface area contributed by atoms with Crippen LogP contribution >= 0.6 is 15.9 Å². The van der Waals surface area contributed by atoms with Gasteiger partial charge in [0.1, 0.15) is 5.58 Å². The standard InChI is InChI=1S/C16H18BrNO2/c1-10-5-6-14-12(7-10)8-15(20-14)16(19)18-9-11-3-2-4-13(11)17/h5-8,11,13H,2-4,9H2,1H3,(H,18,19). The zero-order valence-corrected chi connectivity index (χ0v) is 13.1. The van der Waals surface area contributed by atoms with Gasteiger partial charge < -0.3 is 9.73 Å². The van der Waals surface area contributed by atoms with Crippen molar-refractivity contribution in [1.82, 2.24) is 5.32 Å². The van der Waals surface area contributed by atoms with E-state index in [1.54, 1.807) is 0 Å². The number of amides is 1. The molecule has 1 heterocycles. The maximum atomic E-state index is 12.1. The summed E-state index contributed by atoms with van der Waals surface area (Å²) in [5.41, 5.74) is 1.93. The van der Waals surface area contributed by atoms with Crippen LogP contribution in [0.15, 0.2) is 28.7 Å². The fraction of sp³-hybridized carbons (Fsp3) is 0.438. The third kappa shape index (κ3) is 2.75. The van der Waals surface area contributed by atoms with E-state index < -0.39 is 0 Å². The Morgan fingerprint density at radius 1 is 1.40 bits per heavy atom. The number of fused-ring (bicyclic) bond motifs is 1. The molecular weight excluding hydrogens is 318 g/mol. The van der Waals surface area contributed by atoms with Gasteiger partial charge in [-0.25, -0.2) is 0 Å². The Morgan fingerprint density at radius 3 is 3.00 bits per heavy atom. The first-order chi connectivity index (χ1) is 9.63. The van der Waals surface area contributed by atoms with Crippen molar-refractivity contribution in [3.8, 4) is 0 Å². The highest BCUT2D eigenvalue weighted by Crippen LogP contribution is 2.31. The van der Waals surface area contributed by atoms with Gasteiger partial charge in [0.15, 0.2) is 5.76 Å². The highest BCUT2D eigenvalue weighted by Gasteiger charge is 2.25. The lowest BCUT2D eigenvalue weighted by Crippen LogP contribution is -2.30. The molecule has 3 nitrogen and oxygen atoms in total. The summed E-state index contributed by atoms with van der Waals surface area (Å²) in [6.45, 7) is 2.74. The van der Waals surface area contributed by atoms with Crippen molar-refractivity contribution >= 4 is 32.8 Å². The second-order valence-corrected chi connectivity index (χ2v) is 6.75. The number of carbonyl (C=O) groups excluding carboxylic acids is 1. The summed E-state index contributed by atoms with van der Waals surface area (Å²) in [7, 11) is 0. The lowest BCUT2D eigenvalue weighted by atomic mass is 10.1. The number of aryl methyl sites for hydroxylation is 1. The summed E-state index contributed by atoms with van der Waals surface area (Å²) in [6, 6.07) is 7.74. The maximum absolute atomic E-state index is 12.1. The third-order valence-electron chi connectivity index (χ3n) is 3.99. The average Bonchev–Trinajstić information content (AvgIpc) is 3.01. The summed E-state index contributed by atoms with van der Waals surface area (Å²) in [6.07, 6.45) is 3.61. The average molecular weight is 336 g/mol.